The Morgan fingerprint density at radius 1 is 1.20 bits per heavy atom. The van der Waals surface area contributed by atoms with Gasteiger partial charge in [0.25, 0.3) is 0 Å². The van der Waals surface area contributed by atoms with Gasteiger partial charge < -0.3 is 15.0 Å². The van der Waals surface area contributed by atoms with Crippen LogP contribution in [0.5, 0.6) is 0 Å². The highest BCUT2D eigenvalue weighted by Gasteiger charge is 2.23. The highest BCUT2D eigenvalue weighted by atomic mass is 16.5. The lowest BCUT2D eigenvalue weighted by Gasteiger charge is -2.34. The number of fused-ring (bicyclic) bond motifs is 1. The number of rotatable bonds is 5. The van der Waals surface area contributed by atoms with Gasteiger partial charge in [-0.25, -0.2) is 0 Å². The number of guanidine groups is 1. The Bertz CT molecular complexity index is 564. The minimum atomic E-state index is 0.425. The number of benzene rings is 1. The maximum atomic E-state index is 5.78. The van der Waals surface area contributed by atoms with Crippen LogP contribution in [0.2, 0.25) is 0 Å². The molecule has 4 nitrogen and oxygen atoms in total. The second kappa shape index (κ2) is 9.23. The van der Waals surface area contributed by atoms with Gasteiger partial charge in [0.15, 0.2) is 5.96 Å². The fraction of sp³-hybridized carbons (Fsp3) is 0.667. The van der Waals surface area contributed by atoms with Crippen LogP contribution >= 0.6 is 0 Å². The van der Waals surface area contributed by atoms with Crippen molar-refractivity contribution >= 4 is 5.96 Å². The minimum Gasteiger partial charge on any atom is -0.378 e. The fourth-order valence-corrected chi connectivity index (χ4v) is 4.14. The second-order valence-corrected chi connectivity index (χ2v) is 7.12. The van der Waals surface area contributed by atoms with Gasteiger partial charge in [-0.15, -0.1) is 0 Å². The van der Waals surface area contributed by atoms with E-state index in [0.29, 0.717) is 12.0 Å². The number of aliphatic imine (C=N–C) groups is 1. The molecule has 0 spiro atoms. The predicted molar refractivity (Wildman–Crippen MR) is 104 cm³/mol. The summed E-state index contributed by atoms with van der Waals surface area (Å²) in [6, 6.07) is 8.92. The second-order valence-electron chi connectivity index (χ2n) is 7.12. The zero-order valence-electron chi connectivity index (χ0n) is 15.8. The van der Waals surface area contributed by atoms with Crippen LogP contribution in [-0.4, -0.2) is 49.7 Å². The standard InChI is InChI=1S/C21H33N3O/c1-3-22-21(24-14-12-19(13-15-24)25-4-2)23-16-18-10-7-9-17-8-5-6-11-20(17)18/h5-6,8,11,18-19H,3-4,7,9-10,12-16H2,1-2H3,(H,22,23). The summed E-state index contributed by atoms with van der Waals surface area (Å²) in [5.41, 5.74) is 3.04. The highest BCUT2D eigenvalue weighted by molar-refractivity contribution is 5.80. The molecule has 0 aromatic heterocycles. The Kier molecular flexibility index (Phi) is 6.74. The molecule has 3 rings (SSSR count). The van der Waals surface area contributed by atoms with Crippen molar-refractivity contribution in [2.75, 3.05) is 32.8 Å². The topological polar surface area (TPSA) is 36.9 Å². The van der Waals surface area contributed by atoms with Gasteiger partial charge in [-0.2, -0.15) is 0 Å². The third-order valence-corrected chi connectivity index (χ3v) is 5.43. The first-order valence-electron chi connectivity index (χ1n) is 10.0. The zero-order valence-corrected chi connectivity index (χ0v) is 15.8. The molecule has 0 bridgehead atoms. The van der Waals surface area contributed by atoms with E-state index < -0.39 is 0 Å². The molecule has 1 saturated heterocycles. The zero-order chi connectivity index (χ0) is 17.5. The van der Waals surface area contributed by atoms with E-state index in [0.717, 1.165) is 51.6 Å². The van der Waals surface area contributed by atoms with Crippen LogP contribution in [-0.2, 0) is 11.2 Å². The molecular formula is C21H33N3O. The molecule has 1 aliphatic carbocycles. The number of likely N-dealkylation sites (tertiary alicyclic amines) is 1. The van der Waals surface area contributed by atoms with E-state index in [2.05, 4.69) is 48.3 Å². The number of nitrogens with one attached hydrogen (secondary N) is 1. The SMILES string of the molecule is CCNC(=NCC1CCCc2ccccc21)N1CCC(OCC)CC1. The number of piperidine rings is 1. The van der Waals surface area contributed by atoms with Crippen molar-refractivity contribution < 1.29 is 4.74 Å². The average molecular weight is 344 g/mol. The highest BCUT2D eigenvalue weighted by Crippen LogP contribution is 2.31. The van der Waals surface area contributed by atoms with Crippen molar-refractivity contribution in [2.45, 2.75) is 58.0 Å². The number of hydrogen-bond acceptors (Lipinski definition) is 2. The Morgan fingerprint density at radius 2 is 2.00 bits per heavy atom. The maximum absolute atomic E-state index is 5.78. The van der Waals surface area contributed by atoms with Crippen molar-refractivity contribution in [1.29, 1.82) is 0 Å². The molecule has 1 aromatic carbocycles. The molecule has 1 unspecified atom stereocenters. The van der Waals surface area contributed by atoms with E-state index in [1.807, 2.05) is 0 Å². The summed E-state index contributed by atoms with van der Waals surface area (Å²) in [6.45, 7) is 8.95. The Hall–Kier alpha value is -1.55. The number of hydrogen-bond donors (Lipinski definition) is 1. The monoisotopic (exact) mass is 343 g/mol. The third kappa shape index (κ3) is 4.75. The lowest BCUT2D eigenvalue weighted by Crippen LogP contribution is -2.47. The molecule has 4 heteroatoms. The van der Waals surface area contributed by atoms with Gasteiger partial charge in [0.2, 0.25) is 0 Å². The molecule has 0 amide bonds. The quantitative estimate of drug-likeness (QED) is 0.656. The fourth-order valence-electron chi connectivity index (χ4n) is 4.14. The number of nitrogens with zero attached hydrogens (tertiary/aromatic N) is 2. The molecule has 0 radical (unpaired) electrons. The summed E-state index contributed by atoms with van der Waals surface area (Å²) in [5, 5.41) is 3.50. The summed E-state index contributed by atoms with van der Waals surface area (Å²) in [5.74, 6) is 1.65. The van der Waals surface area contributed by atoms with Crippen molar-refractivity contribution in [3.8, 4) is 0 Å². The van der Waals surface area contributed by atoms with Crippen LogP contribution in [0.15, 0.2) is 29.3 Å². The number of aryl methyl sites for hydroxylation is 1. The maximum Gasteiger partial charge on any atom is 0.193 e. The summed E-state index contributed by atoms with van der Waals surface area (Å²) in [6.07, 6.45) is 6.39. The molecule has 1 atom stereocenters. The van der Waals surface area contributed by atoms with Crippen molar-refractivity contribution in [3.63, 3.8) is 0 Å². The van der Waals surface area contributed by atoms with Gasteiger partial charge in [-0.1, -0.05) is 24.3 Å². The van der Waals surface area contributed by atoms with E-state index in [-0.39, 0.29) is 0 Å². The smallest absolute Gasteiger partial charge is 0.193 e. The molecule has 0 saturated carbocycles. The van der Waals surface area contributed by atoms with Crippen LogP contribution in [0.4, 0.5) is 0 Å². The van der Waals surface area contributed by atoms with Crippen LogP contribution in [0.1, 0.15) is 56.6 Å². The van der Waals surface area contributed by atoms with E-state index in [1.54, 1.807) is 0 Å². The summed E-state index contributed by atoms with van der Waals surface area (Å²) >= 11 is 0. The Morgan fingerprint density at radius 3 is 2.76 bits per heavy atom. The summed E-state index contributed by atoms with van der Waals surface area (Å²) in [4.78, 5) is 7.43. The predicted octanol–water partition coefficient (Wildman–Crippen LogP) is 3.57. The number of ether oxygens (including phenoxy) is 1. The normalized spacial score (nSPS) is 21.9. The molecule has 1 aliphatic heterocycles. The molecule has 1 N–H and O–H groups in total. The third-order valence-electron chi connectivity index (χ3n) is 5.43. The average Bonchev–Trinajstić information content (AvgIpc) is 2.66. The van der Waals surface area contributed by atoms with Gasteiger partial charge in [0, 0.05) is 38.7 Å². The van der Waals surface area contributed by atoms with Gasteiger partial charge >= 0.3 is 0 Å². The van der Waals surface area contributed by atoms with Crippen LogP contribution in [0.25, 0.3) is 0 Å². The Labute approximate surface area is 152 Å². The molecule has 1 aromatic rings. The van der Waals surface area contributed by atoms with E-state index >= 15 is 0 Å². The largest absolute Gasteiger partial charge is 0.378 e. The van der Waals surface area contributed by atoms with Gasteiger partial charge in [-0.05, 0) is 57.1 Å². The minimum absolute atomic E-state index is 0.425. The van der Waals surface area contributed by atoms with E-state index in [4.69, 9.17) is 9.73 Å². The van der Waals surface area contributed by atoms with Gasteiger partial charge in [0.05, 0.1) is 6.10 Å². The molecule has 1 heterocycles. The van der Waals surface area contributed by atoms with Crippen molar-refractivity contribution in [1.82, 2.24) is 10.2 Å². The Balaban J connectivity index is 1.63. The van der Waals surface area contributed by atoms with Gasteiger partial charge in [0.1, 0.15) is 0 Å². The molecular weight excluding hydrogens is 310 g/mol. The first-order chi connectivity index (χ1) is 12.3. The molecule has 2 aliphatic rings. The van der Waals surface area contributed by atoms with E-state index in [9.17, 15) is 0 Å². The van der Waals surface area contributed by atoms with Gasteiger partial charge in [-0.3, -0.25) is 4.99 Å². The van der Waals surface area contributed by atoms with E-state index in [1.165, 1.54) is 30.4 Å². The molecule has 138 valence electrons. The summed E-state index contributed by atoms with van der Waals surface area (Å²) in [7, 11) is 0. The van der Waals surface area contributed by atoms with Crippen LogP contribution in [0, 0.1) is 0 Å². The van der Waals surface area contributed by atoms with Crippen molar-refractivity contribution in [3.05, 3.63) is 35.4 Å². The molecule has 1 fully saturated rings. The van der Waals surface area contributed by atoms with Crippen molar-refractivity contribution in [2.24, 2.45) is 4.99 Å². The van der Waals surface area contributed by atoms with Crippen LogP contribution in [0.3, 0.4) is 0 Å². The van der Waals surface area contributed by atoms with Crippen LogP contribution < -0.4 is 5.32 Å². The first-order valence-corrected chi connectivity index (χ1v) is 10.0. The lowest BCUT2D eigenvalue weighted by molar-refractivity contribution is 0.0263. The first kappa shape index (κ1) is 18.2. The lowest BCUT2D eigenvalue weighted by atomic mass is 9.83. The molecule has 25 heavy (non-hydrogen) atoms. The summed E-state index contributed by atoms with van der Waals surface area (Å²) < 4.78 is 5.78.